The maximum absolute atomic E-state index is 5.79. The van der Waals surface area contributed by atoms with Gasteiger partial charge in [-0.3, -0.25) is 0 Å². The lowest BCUT2D eigenvalue weighted by molar-refractivity contribution is -0.203. The summed E-state index contributed by atoms with van der Waals surface area (Å²) in [6.07, 6.45) is 8.35. The van der Waals surface area contributed by atoms with E-state index in [-0.39, 0.29) is 5.60 Å². The zero-order valence-corrected chi connectivity index (χ0v) is 7.16. The molecule has 0 N–H and O–H groups in total. The summed E-state index contributed by atoms with van der Waals surface area (Å²) in [5.74, 6) is 1.49. The standard InChI is InChI=1S/C10H14O2/c1-2-9-5-8(1)6-10(9)3-4-11-7-12-10/h1-2,8-9H,3-7H2. The molecule has 2 aliphatic carbocycles. The van der Waals surface area contributed by atoms with Gasteiger partial charge in [0.15, 0.2) is 0 Å². The van der Waals surface area contributed by atoms with Crippen molar-refractivity contribution < 1.29 is 9.47 Å². The predicted molar refractivity (Wildman–Crippen MR) is 44.6 cm³/mol. The van der Waals surface area contributed by atoms with E-state index in [2.05, 4.69) is 12.2 Å². The van der Waals surface area contributed by atoms with Crippen molar-refractivity contribution in [1.82, 2.24) is 0 Å². The highest BCUT2D eigenvalue weighted by atomic mass is 16.7. The van der Waals surface area contributed by atoms with Gasteiger partial charge in [-0.25, -0.2) is 0 Å². The zero-order chi connectivity index (χ0) is 8.02. The molecule has 0 aromatic rings. The van der Waals surface area contributed by atoms with Gasteiger partial charge in [0, 0.05) is 12.3 Å². The first-order valence-electron chi connectivity index (χ1n) is 4.79. The Balaban J connectivity index is 1.86. The van der Waals surface area contributed by atoms with Crippen molar-refractivity contribution in [3.8, 4) is 0 Å². The molecule has 3 rings (SSSR count). The fourth-order valence-electron chi connectivity index (χ4n) is 2.90. The van der Waals surface area contributed by atoms with Gasteiger partial charge in [0.05, 0.1) is 12.2 Å². The molecule has 0 aromatic heterocycles. The summed E-state index contributed by atoms with van der Waals surface area (Å²) in [6, 6.07) is 0. The van der Waals surface area contributed by atoms with Crippen molar-refractivity contribution in [2.24, 2.45) is 11.8 Å². The SMILES string of the molecule is C1=CC2CC1CC21CCOCO1. The van der Waals surface area contributed by atoms with E-state index in [1.807, 2.05) is 0 Å². The highest BCUT2D eigenvalue weighted by Gasteiger charge is 2.50. The quantitative estimate of drug-likeness (QED) is 0.510. The van der Waals surface area contributed by atoms with E-state index < -0.39 is 0 Å². The lowest BCUT2D eigenvalue weighted by atomic mass is 9.85. The Labute approximate surface area is 72.5 Å². The van der Waals surface area contributed by atoms with E-state index in [0.29, 0.717) is 12.7 Å². The Bertz CT molecular complexity index is 216. The molecule has 2 bridgehead atoms. The lowest BCUT2D eigenvalue weighted by Gasteiger charge is -2.38. The molecule has 3 atom stereocenters. The number of ether oxygens (including phenoxy) is 2. The van der Waals surface area contributed by atoms with Crippen LogP contribution in [0, 0.1) is 11.8 Å². The second-order valence-corrected chi connectivity index (χ2v) is 4.18. The van der Waals surface area contributed by atoms with Crippen molar-refractivity contribution in [3.63, 3.8) is 0 Å². The van der Waals surface area contributed by atoms with E-state index >= 15 is 0 Å². The minimum Gasteiger partial charge on any atom is -0.355 e. The Morgan fingerprint density at radius 1 is 1.33 bits per heavy atom. The van der Waals surface area contributed by atoms with Gasteiger partial charge >= 0.3 is 0 Å². The van der Waals surface area contributed by atoms with Crippen LogP contribution in [0.1, 0.15) is 19.3 Å². The third kappa shape index (κ3) is 0.824. The van der Waals surface area contributed by atoms with Crippen LogP contribution < -0.4 is 0 Å². The van der Waals surface area contributed by atoms with Gasteiger partial charge in [0.2, 0.25) is 0 Å². The van der Waals surface area contributed by atoms with Crippen molar-refractivity contribution in [3.05, 3.63) is 12.2 Å². The minimum absolute atomic E-state index is 0.178. The molecule has 2 nitrogen and oxygen atoms in total. The number of fused-ring (bicyclic) bond motifs is 3. The van der Waals surface area contributed by atoms with Crippen LogP contribution in [0.2, 0.25) is 0 Å². The first-order chi connectivity index (χ1) is 5.89. The van der Waals surface area contributed by atoms with E-state index in [1.54, 1.807) is 0 Å². The number of rotatable bonds is 0. The summed E-state index contributed by atoms with van der Waals surface area (Å²) in [6.45, 7) is 1.40. The van der Waals surface area contributed by atoms with Gasteiger partial charge in [-0.15, -0.1) is 0 Å². The number of hydrogen-bond acceptors (Lipinski definition) is 2. The van der Waals surface area contributed by atoms with Gasteiger partial charge in [-0.1, -0.05) is 12.2 Å². The van der Waals surface area contributed by atoms with E-state index in [0.717, 1.165) is 18.9 Å². The average molecular weight is 166 g/mol. The Morgan fingerprint density at radius 2 is 2.33 bits per heavy atom. The van der Waals surface area contributed by atoms with Crippen LogP contribution in [0.15, 0.2) is 12.2 Å². The Kier molecular flexibility index (Phi) is 1.38. The third-order valence-electron chi connectivity index (χ3n) is 3.56. The zero-order valence-electron chi connectivity index (χ0n) is 7.16. The molecule has 1 saturated carbocycles. The first kappa shape index (κ1) is 7.10. The summed E-state index contributed by atoms with van der Waals surface area (Å²) < 4.78 is 11.0. The molecule has 12 heavy (non-hydrogen) atoms. The van der Waals surface area contributed by atoms with Crippen molar-refractivity contribution >= 4 is 0 Å². The third-order valence-corrected chi connectivity index (χ3v) is 3.56. The average Bonchev–Trinajstić information content (AvgIpc) is 2.65. The van der Waals surface area contributed by atoms with Gasteiger partial charge in [0.25, 0.3) is 0 Å². The summed E-state index contributed by atoms with van der Waals surface area (Å²) in [4.78, 5) is 0. The van der Waals surface area contributed by atoms with Crippen LogP contribution >= 0.6 is 0 Å². The van der Waals surface area contributed by atoms with Gasteiger partial charge in [-0.2, -0.15) is 0 Å². The minimum atomic E-state index is 0.178. The van der Waals surface area contributed by atoms with E-state index in [9.17, 15) is 0 Å². The maximum Gasteiger partial charge on any atom is 0.147 e. The van der Waals surface area contributed by atoms with Crippen LogP contribution in [0.3, 0.4) is 0 Å². The second kappa shape index (κ2) is 2.33. The molecular weight excluding hydrogens is 152 g/mol. The molecular formula is C10H14O2. The monoisotopic (exact) mass is 166 g/mol. The van der Waals surface area contributed by atoms with Gasteiger partial charge in [0.1, 0.15) is 6.79 Å². The van der Waals surface area contributed by atoms with E-state index in [1.165, 1.54) is 12.8 Å². The van der Waals surface area contributed by atoms with Crippen molar-refractivity contribution in [2.45, 2.75) is 24.9 Å². The smallest absolute Gasteiger partial charge is 0.147 e. The highest BCUT2D eigenvalue weighted by Crippen LogP contribution is 2.50. The van der Waals surface area contributed by atoms with Gasteiger partial charge < -0.3 is 9.47 Å². The van der Waals surface area contributed by atoms with Crippen molar-refractivity contribution in [1.29, 1.82) is 0 Å². The molecule has 66 valence electrons. The number of hydrogen-bond donors (Lipinski definition) is 0. The fourth-order valence-corrected chi connectivity index (χ4v) is 2.90. The second-order valence-electron chi connectivity index (χ2n) is 4.18. The number of allylic oxidation sites excluding steroid dienone is 1. The topological polar surface area (TPSA) is 18.5 Å². The molecule has 0 amide bonds. The van der Waals surface area contributed by atoms with Crippen LogP contribution in [0.5, 0.6) is 0 Å². The Hall–Kier alpha value is -0.340. The highest BCUT2D eigenvalue weighted by molar-refractivity contribution is 5.17. The first-order valence-corrected chi connectivity index (χ1v) is 4.79. The molecule has 3 aliphatic rings. The Morgan fingerprint density at radius 3 is 2.92 bits per heavy atom. The summed E-state index contributed by atoms with van der Waals surface area (Å²) in [5, 5.41) is 0. The maximum atomic E-state index is 5.79. The van der Waals surface area contributed by atoms with Crippen LogP contribution in [-0.2, 0) is 9.47 Å². The molecule has 2 heteroatoms. The molecule has 1 saturated heterocycles. The molecule has 1 heterocycles. The van der Waals surface area contributed by atoms with Crippen LogP contribution in [0.25, 0.3) is 0 Å². The van der Waals surface area contributed by atoms with Gasteiger partial charge in [-0.05, 0) is 18.8 Å². The molecule has 2 fully saturated rings. The molecule has 0 aromatic carbocycles. The fraction of sp³-hybridized carbons (Fsp3) is 0.800. The molecule has 1 spiro atoms. The summed E-state index contributed by atoms with van der Waals surface area (Å²) >= 11 is 0. The summed E-state index contributed by atoms with van der Waals surface area (Å²) in [7, 11) is 0. The van der Waals surface area contributed by atoms with E-state index in [4.69, 9.17) is 9.47 Å². The van der Waals surface area contributed by atoms with Crippen molar-refractivity contribution in [2.75, 3.05) is 13.4 Å². The predicted octanol–water partition coefficient (Wildman–Crippen LogP) is 1.72. The molecule has 1 aliphatic heterocycles. The summed E-state index contributed by atoms with van der Waals surface area (Å²) in [5.41, 5.74) is 0.178. The normalized spacial score (nSPS) is 50.7. The lowest BCUT2D eigenvalue weighted by Crippen LogP contribution is -2.42. The molecule has 3 unspecified atom stereocenters. The largest absolute Gasteiger partial charge is 0.355 e. The molecule has 0 radical (unpaired) electrons. The van der Waals surface area contributed by atoms with Crippen LogP contribution in [0.4, 0.5) is 0 Å². The van der Waals surface area contributed by atoms with Crippen LogP contribution in [-0.4, -0.2) is 19.0 Å².